The van der Waals surface area contributed by atoms with Gasteiger partial charge in [0, 0.05) is 37.4 Å². The van der Waals surface area contributed by atoms with Crippen LogP contribution in [0, 0.1) is 13.8 Å². The first-order chi connectivity index (χ1) is 11.9. The van der Waals surface area contributed by atoms with Crippen LogP contribution in [-0.2, 0) is 0 Å². The van der Waals surface area contributed by atoms with Crippen LogP contribution < -0.4 is 10.6 Å². The average Bonchev–Trinajstić information content (AvgIpc) is 2.59. The first-order valence-electron chi connectivity index (χ1n) is 8.23. The van der Waals surface area contributed by atoms with Crippen molar-refractivity contribution in [2.24, 2.45) is 0 Å². The maximum Gasteiger partial charge on any atom is 0.254 e. The minimum absolute atomic E-state index is 0.0657. The van der Waals surface area contributed by atoms with E-state index >= 15 is 0 Å². The van der Waals surface area contributed by atoms with Gasteiger partial charge >= 0.3 is 0 Å². The summed E-state index contributed by atoms with van der Waals surface area (Å²) >= 11 is 12.1. The first kappa shape index (κ1) is 17.9. The Kier molecular flexibility index (Phi) is 5.11. The molecule has 25 heavy (non-hydrogen) atoms. The second kappa shape index (κ2) is 7.14. The minimum Gasteiger partial charge on any atom is -0.396 e. The van der Waals surface area contributed by atoms with Crippen LogP contribution in [0.4, 0.5) is 11.4 Å². The van der Waals surface area contributed by atoms with Gasteiger partial charge in [-0.1, -0.05) is 40.9 Å². The van der Waals surface area contributed by atoms with Crippen molar-refractivity contribution in [3.63, 3.8) is 0 Å². The summed E-state index contributed by atoms with van der Waals surface area (Å²) in [7, 11) is 0. The number of amides is 1. The van der Waals surface area contributed by atoms with Crippen LogP contribution in [0.15, 0.2) is 30.3 Å². The molecule has 3 rings (SSSR count). The van der Waals surface area contributed by atoms with E-state index in [1.54, 1.807) is 12.1 Å². The predicted octanol–water partition coefficient (Wildman–Crippen LogP) is 4.15. The van der Waals surface area contributed by atoms with Gasteiger partial charge in [0.2, 0.25) is 0 Å². The third kappa shape index (κ3) is 3.70. The molecular weight excluding hydrogens is 357 g/mol. The molecule has 0 radical (unpaired) electrons. The SMILES string of the molecule is Cc1ccc(N2CCN(C(=O)c3cc(Cl)c(N)c(Cl)c3)CC2)c(C)c1. The molecule has 132 valence electrons. The molecule has 0 spiro atoms. The third-order valence-electron chi connectivity index (χ3n) is 4.59. The largest absolute Gasteiger partial charge is 0.396 e. The lowest BCUT2D eigenvalue weighted by atomic mass is 10.1. The van der Waals surface area contributed by atoms with Crippen molar-refractivity contribution in [2.45, 2.75) is 13.8 Å². The summed E-state index contributed by atoms with van der Waals surface area (Å²) in [5.74, 6) is -0.0657. The molecular formula is C19H21Cl2N3O. The smallest absolute Gasteiger partial charge is 0.254 e. The molecule has 1 heterocycles. The van der Waals surface area contributed by atoms with Crippen LogP contribution in [0.2, 0.25) is 10.0 Å². The summed E-state index contributed by atoms with van der Waals surface area (Å²) in [5.41, 5.74) is 10.3. The summed E-state index contributed by atoms with van der Waals surface area (Å²) in [6.07, 6.45) is 0. The monoisotopic (exact) mass is 377 g/mol. The van der Waals surface area contributed by atoms with Crippen LogP contribution >= 0.6 is 23.2 Å². The van der Waals surface area contributed by atoms with Crippen LogP contribution in [0.3, 0.4) is 0 Å². The van der Waals surface area contributed by atoms with E-state index in [-0.39, 0.29) is 5.91 Å². The Balaban J connectivity index is 1.70. The number of aryl methyl sites for hydroxylation is 2. The van der Waals surface area contributed by atoms with E-state index in [1.165, 1.54) is 16.8 Å². The number of nitrogen functional groups attached to an aromatic ring is 1. The second-order valence-electron chi connectivity index (χ2n) is 6.42. The van der Waals surface area contributed by atoms with Crippen LogP contribution in [0.5, 0.6) is 0 Å². The Hall–Kier alpha value is -1.91. The van der Waals surface area contributed by atoms with E-state index in [0.717, 1.165) is 13.1 Å². The molecule has 1 fully saturated rings. The number of nitrogens with zero attached hydrogens (tertiary/aromatic N) is 2. The maximum atomic E-state index is 12.7. The summed E-state index contributed by atoms with van der Waals surface area (Å²) < 4.78 is 0. The number of carbonyl (C=O) groups excluding carboxylic acids is 1. The van der Waals surface area contributed by atoms with Crippen LogP contribution in [-0.4, -0.2) is 37.0 Å². The van der Waals surface area contributed by atoms with Gasteiger partial charge in [-0.3, -0.25) is 4.79 Å². The number of halogens is 2. The molecule has 1 aliphatic rings. The predicted molar refractivity (Wildman–Crippen MR) is 105 cm³/mol. The lowest BCUT2D eigenvalue weighted by molar-refractivity contribution is 0.0747. The van der Waals surface area contributed by atoms with Crippen molar-refractivity contribution in [2.75, 3.05) is 36.8 Å². The molecule has 6 heteroatoms. The van der Waals surface area contributed by atoms with E-state index in [1.807, 2.05) is 4.90 Å². The van der Waals surface area contributed by atoms with E-state index in [9.17, 15) is 4.79 Å². The number of anilines is 2. The third-order valence-corrected chi connectivity index (χ3v) is 5.21. The van der Waals surface area contributed by atoms with Crippen molar-refractivity contribution >= 4 is 40.5 Å². The Bertz CT molecular complexity index is 791. The molecule has 1 aliphatic heterocycles. The molecule has 1 amide bonds. The Morgan fingerprint density at radius 2 is 1.60 bits per heavy atom. The molecule has 2 aromatic carbocycles. The molecule has 2 N–H and O–H groups in total. The number of rotatable bonds is 2. The van der Waals surface area contributed by atoms with Gasteiger partial charge in [0.05, 0.1) is 15.7 Å². The zero-order valence-electron chi connectivity index (χ0n) is 14.4. The fourth-order valence-electron chi connectivity index (χ4n) is 3.20. The van der Waals surface area contributed by atoms with Gasteiger partial charge < -0.3 is 15.5 Å². The highest BCUT2D eigenvalue weighted by molar-refractivity contribution is 6.39. The quantitative estimate of drug-likeness (QED) is 0.799. The molecule has 0 unspecified atom stereocenters. The number of hydrogen-bond acceptors (Lipinski definition) is 3. The topological polar surface area (TPSA) is 49.6 Å². The van der Waals surface area contributed by atoms with E-state index in [2.05, 4.69) is 36.9 Å². The van der Waals surface area contributed by atoms with Gasteiger partial charge in [-0.05, 0) is 37.6 Å². The molecule has 1 saturated heterocycles. The van der Waals surface area contributed by atoms with Crippen molar-refractivity contribution in [1.82, 2.24) is 4.90 Å². The fourth-order valence-corrected chi connectivity index (χ4v) is 3.69. The fraction of sp³-hybridized carbons (Fsp3) is 0.316. The zero-order chi connectivity index (χ0) is 18.1. The van der Waals surface area contributed by atoms with Gasteiger partial charge in [-0.25, -0.2) is 0 Å². The average molecular weight is 378 g/mol. The molecule has 0 bridgehead atoms. The van der Waals surface area contributed by atoms with Crippen molar-refractivity contribution < 1.29 is 4.79 Å². The van der Waals surface area contributed by atoms with Crippen LogP contribution in [0.1, 0.15) is 21.5 Å². The van der Waals surface area contributed by atoms with Crippen molar-refractivity contribution in [3.8, 4) is 0 Å². The Morgan fingerprint density at radius 1 is 1.00 bits per heavy atom. The summed E-state index contributed by atoms with van der Waals surface area (Å²) in [6, 6.07) is 9.63. The summed E-state index contributed by atoms with van der Waals surface area (Å²) in [4.78, 5) is 16.9. The number of carbonyl (C=O) groups is 1. The second-order valence-corrected chi connectivity index (χ2v) is 7.24. The molecule has 2 aromatic rings. The highest BCUT2D eigenvalue weighted by Crippen LogP contribution is 2.30. The number of benzene rings is 2. The maximum absolute atomic E-state index is 12.7. The normalized spacial score (nSPS) is 14.7. The van der Waals surface area contributed by atoms with Gasteiger partial charge in [0.15, 0.2) is 0 Å². The lowest BCUT2D eigenvalue weighted by Crippen LogP contribution is -2.49. The van der Waals surface area contributed by atoms with E-state index in [4.69, 9.17) is 28.9 Å². The minimum atomic E-state index is -0.0657. The highest BCUT2D eigenvalue weighted by Gasteiger charge is 2.24. The Morgan fingerprint density at radius 3 is 2.16 bits per heavy atom. The summed E-state index contributed by atoms with van der Waals surface area (Å²) in [6.45, 7) is 7.13. The first-order valence-corrected chi connectivity index (χ1v) is 8.98. The van der Waals surface area contributed by atoms with Gasteiger partial charge in [0.25, 0.3) is 5.91 Å². The van der Waals surface area contributed by atoms with Gasteiger partial charge in [-0.15, -0.1) is 0 Å². The number of hydrogen-bond donors (Lipinski definition) is 1. The van der Waals surface area contributed by atoms with E-state index < -0.39 is 0 Å². The molecule has 0 atom stereocenters. The molecule has 0 saturated carbocycles. The van der Waals surface area contributed by atoms with Gasteiger partial charge in [-0.2, -0.15) is 0 Å². The van der Waals surface area contributed by atoms with E-state index in [0.29, 0.717) is 34.4 Å². The number of piperazine rings is 1. The molecule has 4 nitrogen and oxygen atoms in total. The van der Waals surface area contributed by atoms with Crippen molar-refractivity contribution in [3.05, 3.63) is 57.1 Å². The standard InChI is InChI=1S/C19H21Cl2N3O/c1-12-3-4-17(13(2)9-12)23-5-7-24(8-6-23)19(25)14-10-15(20)18(22)16(21)11-14/h3-4,9-11H,5-8,22H2,1-2H3. The molecule has 0 aliphatic carbocycles. The van der Waals surface area contributed by atoms with Crippen molar-refractivity contribution in [1.29, 1.82) is 0 Å². The zero-order valence-corrected chi connectivity index (χ0v) is 15.9. The summed E-state index contributed by atoms with van der Waals surface area (Å²) in [5, 5.41) is 0.620. The molecule has 0 aromatic heterocycles. The van der Waals surface area contributed by atoms with Gasteiger partial charge in [0.1, 0.15) is 0 Å². The van der Waals surface area contributed by atoms with Crippen LogP contribution in [0.25, 0.3) is 0 Å². The Labute approximate surface area is 158 Å². The lowest BCUT2D eigenvalue weighted by Gasteiger charge is -2.37. The highest BCUT2D eigenvalue weighted by atomic mass is 35.5. The number of nitrogens with two attached hydrogens (primary N) is 1.